The van der Waals surface area contributed by atoms with E-state index >= 15 is 0 Å². The summed E-state index contributed by atoms with van der Waals surface area (Å²) in [5.41, 5.74) is 2.90. The highest BCUT2D eigenvalue weighted by Crippen LogP contribution is 2.24. The van der Waals surface area contributed by atoms with Crippen molar-refractivity contribution in [2.24, 2.45) is 0 Å². The number of carbonyl (C=O) groups excluding carboxylic acids is 3. The first-order chi connectivity index (χ1) is 16.7. The standard InChI is InChI=1S/C25H24N4O6/c1-14-7-6-8-15(2)21(14)28-19(30)11-26-24(32)16(3)34-20(31)12-29-13-27-22-17-9-4-5-10-18(17)35-23(22)25(29)33/h4-10,13,16H,11-12H2,1-3H3,(H,26,32)(H,28,30). The van der Waals surface area contributed by atoms with Crippen molar-refractivity contribution in [3.05, 3.63) is 70.3 Å². The number of nitrogens with zero attached hydrogens (tertiary/aromatic N) is 2. The number of fused-ring (bicyclic) bond motifs is 3. The lowest BCUT2D eigenvalue weighted by Gasteiger charge is -2.15. The zero-order chi connectivity index (χ0) is 25.1. The summed E-state index contributed by atoms with van der Waals surface area (Å²) in [6.07, 6.45) is 0.0605. The largest absolute Gasteiger partial charge is 0.451 e. The molecular formula is C25H24N4O6. The fraction of sp³-hybridized carbons (Fsp3) is 0.240. The van der Waals surface area contributed by atoms with E-state index < -0.39 is 36.0 Å². The minimum absolute atomic E-state index is 0.0298. The Morgan fingerprint density at radius 2 is 1.80 bits per heavy atom. The second kappa shape index (κ2) is 9.80. The van der Waals surface area contributed by atoms with Gasteiger partial charge < -0.3 is 19.8 Å². The van der Waals surface area contributed by atoms with Crippen LogP contribution < -0.4 is 16.2 Å². The Labute approximate surface area is 199 Å². The van der Waals surface area contributed by atoms with E-state index in [1.165, 1.54) is 13.3 Å². The lowest BCUT2D eigenvalue weighted by molar-refractivity contribution is -0.155. The predicted octanol–water partition coefficient (Wildman–Crippen LogP) is 2.45. The van der Waals surface area contributed by atoms with Crippen molar-refractivity contribution >= 4 is 45.5 Å². The lowest BCUT2D eigenvalue weighted by atomic mass is 10.1. The van der Waals surface area contributed by atoms with Gasteiger partial charge in [-0.05, 0) is 44.0 Å². The van der Waals surface area contributed by atoms with E-state index in [0.29, 0.717) is 22.2 Å². The number of para-hydroxylation sites is 2. The van der Waals surface area contributed by atoms with Gasteiger partial charge in [-0.15, -0.1) is 0 Å². The van der Waals surface area contributed by atoms with Crippen LogP contribution in [0.4, 0.5) is 5.69 Å². The first-order valence-corrected chi connectivity index (χ1v) is 10.9. The van der Waals surface area contributed by atoms with Crippen LogP contribution in [0, 0.1) is 13.8 Å². The topological polar surface area (TPSA) is 133 Å². The van der Waals surface area contributed by atoms with E-state index in [1.807, 2.05) is 38.1 Å². The summed E-state index contributed by atoms with van der Waals surface area (Å²) in [5.74, 6) is -1.87. The number of rotatable bonds is 7. The molecule has 0 saturated heterocycles. The van der Waals surface area contributed by atoms with Crippen molar-refractivity contribution in [1.29, 1.82) is 0 Å². The molecule has 0 radical (unpaired) electrons. The SMILES string of the molecule is Cc1cccc(C)c1NC(=O)CNC(=O)C(C)OC(=O)Cn1cnc2c(oc3ccccc32)c1=O. The van der Waals surface area contributed by atoms with E-state index in [2.05, 4.69) is 15.6 Å². The van der Waals surface area contributed by atoms with Crippen LogP contribution in [0.15, 0.2) is 58.0 Å². The van der Waals surface area contributed by atoms with E-state index in [0.717, 1.165) is 15.7 Å². The molecule has 4 rings (SSSR count). The van der Waals surface area contributed by atoms with Gasteiger partial charge in [-0.25, -0.2) is 4.98 Å². The van der Waals surface area contributed by atoms with E-state index in [-0.39, 0.29) is 12.1 Å². The molecule has 0 aliphatic heterocycles. The number of aromatic nitrogens is 2. The number of amides is 2. The van der Waals surface area contributed by atoms with Crippen LogP contribution in [-0.2, 0) is 25.7 Å². The molecule has 180 valence electrons. The molecule has 1 atom stereocenters. The van der Waals surface area contributed by atoms with Gasteiger partial charge in [0.15, 0.2) is 6.10 Å². The Morgan fingerprint density at radius 1 is 1.09 bits per heavy atom. The Hall–Kier alpha value is -4.47. The van der Waals surface area contributed by atoms with Gasteiger partial charge in [0.2, 0.25) is 11.5 Å². The minimum Gasteiger partial charge on any atom is -0.451 e. The molecule has 0 spiro atoms. The molecule has 2 amide bonds. The third-order valence-electron chi connectivity index (χ3n) is 5.50. The Kier molecular flexibility index (Phi) is 6.63. The van der Waals surface area contributed by atoms with Crippen molar-refractivity contribution in [3.63, 3.8) is 0 Å². The second-order valence-corrected chi connectivity index (χ2v) is 8.12. The maximum absolute atomic E-state index is 12.7. The van der Waals surface area contributed by atoms with Crippen LogP contribution >= 0.6 is 0 Å². The van der Waals surface area contributed by atoms with Crippen LogP contribution in [-0.4, -0.2) is 40.0 Å². The number of anilines is 1. The monoisotopic (exact) mass is 476 g/mol. The molecule has 0 aliphatic rings. The zero-order valence-electron chi connectivity index (χ0n) is 19.5. The lowest BCUT2D eigenvalue weighted by Crippen LogP contribution is -2.40. The van der Waals surface area contributed by atoms with Gasteiger partial charge >= 0.3 is 5.97 Å². The molecule has 4 aromatic rings. The molecule has 10 nitrogen and oxygen atoms in total. The van der Waals surface area contributed by atoms with Crippen LogP contribution in [0.2, 0.25) is 0 Å². The molecule has 2 N–H and O–H groups in total. The number of furan rings is 1. The summed E-state index contributed by atoms with van der Waals surface area (Å²) in [6, 6.07) is 12.7. The fourth-order valence-corrected chi connectivity index (χ4v) is 3.66. The van der Waals surface area contributed by atoms with E-state index in [9.17, 15) is 19.2 Å². The summed E-state index contributed by atoms with van der Waals surface area (Å²) in [4.78, 5) is 53.8. The third-order valence-corrected chi connectivity index (χ3v) is 5.50. The van der Waals surface area contributed by atoms with Crippen molar-refractivity contribution in [2.45, 2.75) is 33.4 Å². The minimum atomic E-state index is -1.17. The van der Waals surface area contributed by atoms with Crippen molar-refractivity contribution < 1.29 is 23.5 Å². The predicted molar refractivity (Wildman–Crippen MR) is 129 cm³/mol. The zero-order valence-corrected chi connectivity index (χ0v) is 19.5. The van der Waals surface area contributed by atoms with Gasteiger partial charge in [0.25, 0.3) is 11.5 Å². The van der Waals surface area contributed by atoms with E-state index in [1.54, 1.807) is 18.2 Å². The first-order valence-electron chi connectivity index (χ1n) is 10.9. The van der Waals surface area contributed by atoms with Crippen molar-refractivity contribution in [2.75, 3.05) is 11.9 Å². The summed E-state index contributed by atoms with van der Waals surface area (Å²) in [5, 5.41) is 5.89. The molecule has 10 heteroatoms. The van der Waals surface area contributed by atoms with Gasteiger partial charge in [0.05, 0.1) is 12.9 Å². The van der Waals surface area contributed by atoms with Crippen molar-refractivity contribution in [1.82, 2.24) is 14.9 Å². The number of ether oxygens (including phenoxy) is 1. The van der Waals surface area contributed by atoms with Crippen LogP contribution in [0.1, 0.15) is 18.1 Å². The number of benzene rings is 2. The Morgan fingerprint density at radius 3 is 2.54 bits per heavy atom. The summed E-state index contributed by atoms with van der Waals surface area (Å²) in [7, 11) is 0. The molecule has 0 aliphatic carbocycles. The molecule has 2 heterocycles. The number of esters is 1. The van der Waals surface area contributed by atoms with Gasteiger partial charge in [0, 0.05) is 11.1 Å². The van der Waals surface area contributed by atoms with Crippen LogP contribution in [0.3, 0.4) is 0 Å². The van der Waals surface area contributed by atoms with E-state index in [4.69, 9.17) is 9.15 Å². The summed E-state index contributed by atoms with van der Waals surface area (Å²) in [6.45, 7) is 4.37. The number of hydrogen-bond acceptors (Lipinski definition) is 7. The maximum Gasteiger partial charge on any atom is 0.326 e. The average molecular weight is 476 g/mol. The molecule has 0 saturated carbocycles. The average Bonchev–Trinajstić information content (AvgIpc) is 3.21. The molecule has 2 aromatic heterocycles. The molecule has 2 aromatic carbocycles. The Balaban J connectivity index is 1.33. The summed E-state index contributed by atoms with van der Waals surface area (Å²) < 4.78 is 11.8. The fourth-order valence-electron chi connectivity index (χ4n) is 3.66. The normalized spacial score (nSPS) is 11.9. The quantitative estimate of drug-likeness (QED) is 0.392. The van der Waals surface area contributed by atoms with Gasteiger partial charge in [0.1, 0.15) is 17.6 Å². The second-order valence-electron chi connectivity index (χ2n) is 8.12. The highest BCUT2D eigenvalue weighted by atomic mass is 16.5. The highest BCUT2D eigenvalue weighted by Gasteiger charge is 2.20. The molecular weight excluding hydrogens is 452 g/mol. The number of nitrogens with one attached hydrogen (secondary N) is 2. The van der Waals surface area contributed by atoms with Gasteiger partial charge in [-0.2, -0.15) is 0 Å². The highest BCUT2D eigenvalue weighted by molar-refractivity contribution is 6.01. The summed E-state index contributed by atoms with van der Waals surface area (Å²) >= 11 is 0. The maximum atomic E-state index is 12.7. The van der Waals surface area contributed by atoms with Crippen LogP contribution in [0.5, 0.6) is 0 Å². The third kappa shape index (κ3) is 5.06. The molecule has 35 heavy (non-hydrogen) atoms. The number of hydrogen-bond donors (Lipinski definition) is 2. The van der Waals surface area contributed by atoms with Crippen LogP contribution in [0.25, 0.3) is 22.1 Å². The molecule has 0 fully saturated rings. The van der Waals surface area contributed by atoms with Gasteiger partial charge in [-0.1, -0.05) is 30.3 Å². The first kappa shape index (κ1) is 23.7. The number of aryl methyl sites for hydroxylation is 2. The molecule has 1 unspecified atom stereocenters. The smallest absolute Gasteiger partial charge is 0.326 e. The van der Waals surface area contributed by atoms with Crippen molar-refractivity contribution in [3.8, 4) is 0 Å². The number of carbonyl (C=O) groups is 3. The van der Waals surface area contributed by atoms with Gasteiger partial charge in [-0.3, -0.25) is 23.7 Å². The Bertz CT molecular complexity index is 1480. The molecule has 0 bridgehead atoms.